The number of ketones is 1. The first kappa shape index (κ1) is 24.2. The summed E-state index contributed by atoms with van der Waals surface area (Å²) >= 11 is 1.39. The number of methoxy groups -OCH3 is 3. The van der Waals surface area contributed by atoms with Crippen LogP contribution in [0.3, 0.4) is 0 Å². The molecule has 1 aliphatic heterocycles. The van der Waals surface area contributed by atoms with E-state index in [9.17, 15) is 14.7 Å². The van der Waals surface area contributed by atoms with Crippen molar-refractivity contribution < 1.29 is 33.6 Å². The lowest BCUT2D eigenvalue weighted by Gasteiger charge is -2.24. The van der Waals surface area contributed by atoms with Gasteiger partial charge in [-0.3, -0.25) is 9.59 Å². The van der Waals surface area contributed by atoms with Gasteiger partial charge < -0.3 is 29.0 Å². The third-order valence-corrected chi connectivity index (χ3v) is 6.60. The zero-order valence-electron chi connectivity index (χ0n) is 19.5. The maximum Gasteiger partial charge on any atom is 0.295 e. The number of Topliss-reactive ketones (excluding diaryl/α,β-unsaturated/α-hetero) is 1. The molecule has 0 radical (unpaired) electrons. The SMILES string of the molecule is COc1ccc(OCCN2C(=O)C(=O)/C(=C(\O)c3cc(OC)ccc3OC)C2c2cccs2)cc1. The number of nitrogens with zero attached hydrogens (tertiary/aromatic N) is 1. The smallest absolute Gasteiger partial charge is 0.295 e. The molecule has 182 valence electrons. The van der Waals surface area contributed by atoms with Gasteiger partial charge in [0.15, 0.2) is 0 Å². The van der Waals surface area contributed by atoms with E-state index >= 15 is 0 Å². The molecule has 1 fully saturated rings. The Morgan fingerprint density at radius 3 is 2.26 bits per heavy atom. The fraction of sp³-hybridized carbons (Fsp3) is 0.231. The lowest BCUT2D eigenvalue weighted by molar-refractivity contribution is -0.140. The second-order valence-electron chi connectivity index (χ2n) is 7.60. The number of hydrogen-bond donors (Lipinski definition) is 1. The van der Waals surface area contributed by atoms with Crippen LogP contribution in [0.1, 0.15) is 16.5 Å². The predicted molar refractivity (Wildman–Crippen MR) is 131 cm³/mol. The van der Waals surface area contributed by atoms with Crippen molar-refractivity contribution in [3.63, 3.8) is 0 Å². The highest BCUT2D eigenvalue weighted by Gasteiger charge is 2.46. The molecule has 1 aliphatic rings. The van der Waals surface area contributed by atoms with Gasteiger partial charge >= 0.3 is 0 Å². The van der Waals surface area contributed by atoms with E-state index < -0.39 is 17.7 Å². The molecule has 2 aromatic carbocycles. The van der Waals surface area contributed by atoms with E-state index in [1.165, 1.54) is 30.5 Å². The Hall–Kier alpha value is -3.98. The standard InChI is InChI=1S/C26H25NO7S/c1-31-16-6-8-17(9-7-16)34-13-12-27-23(21-5-4-14-35-21)22(25(29)26(27)30)24(28)19-15-18(32-2)10-11-20(19)33-3/h4-11,14-15,23,28H,12-13H2,1-3H3/b24-22-. The molecule has 0 spiro atoms. The van der Waals surface area contributed by atoms with Gasteiger partial charge in [-0.1, -0.05) is 6.07 Å². The minimum absolute atomic E-state index is 0.00606. The zero-order valence-corrected chi connectivity index (χ0v) is 20.3. The van der Waals surface area contributed by atoms with Crippen LogP contribution in [-0.2, 0) is 9.59 Å². The number of carbonyl (C=O) groups excluding carboxylic acids is 2. The predicted octanol–water partition coefficient (Wildman–Crippen LogP) is 4.27. The zero-order chi connectivity index (χ0) is 24.9. The van der Waals surface area contributed by atoms with Gasteiger partial charge in [0.25, 0.3) is 11.7 Å². The molecule has 1 saturated heterocycles. The highest BCUT2D eigenvalue weighted by atomic mass is 32.1. The maximum absolute atomic E-state index is 13.2. The fourth-order valence-corrected chi connectivity index (χ4v) is 4.78. The monoisotopic (exact) mass is 495 g/mol. The van der Waals surface area contributed by atoms with Crippen molar-refractivity contribution in [2.75, 3.05) is 34.5 Å². The number of carbonyl (C=O) groups is 2. The number of amides is 1. The van der Waals surface area contributed by atoms with Crippen molar-refractivity contribution in [2.24, 2.45) is 0 Å². The van der Waals surface area contributed by atoms with Gasteiger partial charge in [0.1, 0.15) is 35.4 Å². The van der Waals surface area contributed by atoms with Crippen LogP contribution in [0.2, 0.25) is 0 Å². The average molecular weight is 496 g/mol. The van der Waals surface area contributed by atoms with E-state index in [2.05, 4.69) is 0 Å². The Bertz CT molecular complexity index is 1240. The number of rotatable bonds is 9. The minimum atomic E-state index is -0.768. The summed E-state index contributed by atoms with van der Waals surface area (Å²) in [6.07, 6.45) is 0. The van der Waals surface area contributed by atoms with Crippen molar-refractivity contribution >= 4 is 28.8 Å². The van der Waals surface area contributed by atoms with E-state index in [4.69, 9.17) is 18.9 Å². The minimum Gasteiger partial charge on any atom is -0.507 e. The summed E-state index contributed by atoms with van der Waals surface area (Å²) in [7, 11) is 4.54. The third kappa shape index (κ3) is 4.81. The van der Waals surface area contributed by atoms with Gasteiger partial charge in [-0.15, -0.1) is 11.3 Å². The summed E-state index contributed by atoms with van der Waals surface area (Å²) in [5.41, 5.74) is 0.259. The molecule has 1 N–H and O–H groups in total. The molecule has 8 nitrogen and oxygen atoms in total. The average Bonchev–Trinajstić information content (AvgIpc) is 3.51. The second-order valence-corrected chi connectivity index (χ2v) is 8.58. The molecule has 1 unspecified atom stereocenters. The Morgan fingerprint density at radius 2 is 1.63 bits per heavy atom. The van der Waals surface area contributed by atoms with Crippen molar-refractivity contribution in [3.05, 3.63) is 76.0 Å². The molecule has 0 saturated carbocycles. The second kappa shape index (κ2) is 10.5. The van der Waals surface area contributed by atoms with Gasteiger partial charge in [0.2, 0.25) is 0 Å². The summed E-state index contributed by atoms with van der Waals surface area (Å²) in [5, 5.41) is 13.1. The molecular weight excluding hydrogens is 470 g/mol. The molecule has 9 heteroatoms. The largest absolute Gasteiger partial charge is 0.507 e. The van der Waals surface area contributed by atoms with Crippen LogP contribution in [0.15, 0.2) is 65.6 Å². The number of aliphatic hydroxyl groups excluding tert-OH is 1. The summed E-state index contributed by atoms with van der Waals surface area (Å²) < 4.78 is 21.6. The lowest BCUT2D eigenvalue weighted by Crippen LogP contribution is -2.33. The van der Waals surface area contributed by atoms with E-state index in [1.807, 2.05) is 17.5 Å². The number of aliphatic hydroxyl groups is 1. The molecule has 4 rings (SSSR count). The van der Waals surface area contributed by atoms with Crippen molar-refractivity contribution in [1.82, 2.24) is 4.90 Å². The highest BCUT2D eigenvalue weighted by Crippen LogP contribution is 2.42. The lowest BCUT2D eigenvalue weighted by atomic mass is 9.99. The molecule has 0 bridgehead atoms. The molecule has 1 aromatic heterocycles. The van der Waals surface area contributed by atoms with E-state index in [-0.39, 0.29) is 30.0 Å². The van der Waals surface area contributed by atoms with Crippen LogP contribution in [0.25, 0.3) is 5.76 Å². The van der Waals surface area contributed by atoms with Gasteiger partial charge in [-0.05, 0) is 53.9 Å². The molecule has 0 aliphatic carbocycles. The Kier molecular flexibility index (Phi) is 7.26. The van der Waals surface area contributed by atoms with E-state index in [1.54, 1.807) is 49.6 Å². The van der Waals surface area contributed by atoms with Gasteiger partial charge in [-0.25, -0.2) is 0 Å². The van der Waals surface area contributed by atoms with Gasteiger partial charge in [0, 0.05) is 4.88 Å². The number of thiophene rings is 1. The van der Waals surface area contributed by atoms with Gasteiger partial charge in [0.05, 0.1) is 45.1 Å². The van der Waals surface area contributed by atoms with E-state index in [0.717, 1.165) is 4.88 Å². The fourth-order valence-electron chi connectivity index (χ4n) is 3.93. The first-order valence-electron chi connectivity index (χ1n) is 10.8. The summed E-state index contributed by atoms with van der Waals surface area (Å²) in [4.78, 5) is 28.4. The Balaban J connectivity index is 1.68. The van der Waals surface area contributed by atoms with E-state index in [0.29, 0.717) is 23.0 Å². The number of benzene rings is 2. The Labute approximate surface area is 206 Å². The first-order valence-corrected chi connectivity index (χ1v) is 11.7. The summed E-state index contributed by atoms with van der Waals surface area (Å²) in [5.74, 6) is 0.339. The number of hydrogen-bond acceptors (Lipinski definition) is 8. The molecule has 2 heterocycles. The molecular formula is C26H25NO7S. The van der Waals surface area contributed by atoms with Crippen molar-refractivity contribution in [1.29, 1.82) is 0 Å². The normalized spacial score (nSPS) is 16.9. The summed E-state index contributed by atoms with van der Waals surface area (Å²) in [6, 6.07) is 14.9. The Morgan fingerprint density at radius 1 is 0.943 bits per heavy atom. The van der Waals surface area contributed by atoms with Crippen LogP contribution in [0, 0.1) is 0 Å². The number of ether oxygens (including phenoxy) is 4. The molecule has 1 atom stereocenters. The van der Waals surface area contributed by atoms with Crippen molar-refractivity contribution in [2.45, 2.75) is 6.04 Å². The van der Waals surface area contributed by atoms with Gasteiger partial charge in [-0.2, -0.15) is 0 Å². The first-order chi connectivity index (χ1) is 17.0. The van der Waals surface area contributed by atoms with Crippen LogP contribution in [0.4, 0.5) is 0 Å². The maximum atomic E-state index is 13.2. The van der Waals surface area contributed by atoms with Crippen LogP contribution in [0.5, 0.6) is 23.0 Å². The topological polar surface area (TPSA) is 94.5 Å². The summed E-state index contributed by atoms with van der Waals surface area (Å²) in [6.45, 7) is 0.301. The molecule has 3 aromatic rings. The number of likely N-dealkylation sites (tertiary alicyclic amines) is 1. The van der Waals surface area contributed by atoms with Crippen LogP contribution >= 0.6 is 11.3 Å². The van der Waals surface area contributed by atoms with Crippen LogP contribution < -0.4 is 18.9 Å². The van der Waals surface area contributed by atoms with Crippen molar-refractivity contribution in [3.8, 4) is 23.0 Å². The molecule has 1 amide bonds. The third-order valence-electron chi connectivity index (χ3n) is 5.67. The van der Waals surface area contributed by atoms with Crippen LogP contribution in [-0.4, -0.2) is 56.2 Å². The highest BCUT2D eigenvalue weighted by molar-refractivity contribution is 7.10. The quantitative estimate of drug-likeness (QED) is 0.269. The molecule has 35 heavy (non-hydrogen) atoms.